The third kappa shape index (κ3) is 2.91. The highest BCUT2D eigenvalue weighted by atomic mass is 35.5. The van der Waals surface area contributed by atoms with Gasteiger partial charge in [0.05, 0.1) is 5.56 Å². The first-order valence-corrected chi connectivity index (χ1v) is 6.99. The molecular formula is C14H17ClN2O2. The Morgan fingerprint density at radius 1 is 1.37 bits per heavy atom. The Morgan fingerprint density at radius 2 is 2.16 bits per heavy atom. The lowest BCUT2D eigenvalue weighted by Crippen LogP contribution is -2.38. The Hall–Kier alpha value is -1.10. The predicted molar refractivity (Wildman–Crippen MR) is 72.8 cm³/mol. The van der Waals surface area contributed by atoms with Crippen LogP contribution in [0.5, 0.6) is 0 Å². The molecule has 1 saturated heterocycles. The lowest BCUT2D eigenvalue weighted by molar-refractivity contribution is 0.0535. The van der Waals surface area contributed by atoms with Gasteiger partial charge in [0.2, 0.25) is 0 Å². The molecular weight excluding hydrogens is 264 g/mol. The van der Waals surface area contributed by atoms with Gasteiger partial charge in [0, 0.05) is 31.2 Å². The van der Waals surface area contributed by atoms with Crippen LogP contribution < -0.4 is 5.32 Å². The maximum absolute atomic E-state index is 11.4. The van der Waals surface area contributed by atoms with E-state index in [-0.39, 0.29) is 5.97 Å². The zero-order chi connectivity index (χ0) is 13.2. The number of cyclic esters (lactones) is 1. The van der Waals surface area contributed by atoms with Gasteiger partial charge in [-0.3, -0.25) is 0 Å². The summed E-state index contributed by atoms with van der Waals surface area (Å²) in [6, 6.07) is 6.45. The fourth-order valence-electron chi connectivity index (χ4n) is 2.61. The molecule has 1 fully saturated rings. The van der Waals surface area contributed by atoms with Crippen molar-refractivity contribution in [1.29, 1.82) is 0 Å². The van der Waals surface area contributed by atoms with Gasteiger partial charge >= 0.3 is 5.97 Å². The highest BCUT2D eigenvalue weighted by Crippen LogP contribution is 2.21. The Labute approximate surface area is 117 Å². The molecule has 0 radical (unpaired) electrons. The number of halogens is 1. The molecule has 2 heterocycles. The molecule has 102 valence electrons. The molecule has 0 aliphatic carbocycles. The monoisotopic (exact) mass is 280 g/mol. The second-order valence-corrected chi connectivity index (χ2v) is 5.61. The third-order valence-corrected chi connectivity index (χ3v) is 4.12. The van der Waals surface area contributed by atoms with E-state index in [1.165, 1.54) is 5.56 Å². The Balaban J connectivity index is 1.57. The number of esters is 1. The first kappa shape index (κ1) is 12.9. The predicted octanol–water partition coefficient (Wildman–Crippen LogP) is 2.06. The van der Waals surface area contributed by atoms with Crippen LogP contribution in [0.3, 0.4) is 0 Å². The smallest absolute Gasteiger partial charge is 0.338 e. The molecule has 0 unspecified atom stereocenters. The van der Waals surface area contributed by atoms with Crippen LogP contribution >= 0.6 is 11.8 Å². The molecule has 5 heteroatoms. The summed E-state index contributed by atoms with van der Waals surface area (Å²) >= 11 is 5.94. The van der Waals surface area contributed by atoms with E-state index in [0.29, 0.717) is 18.2 Å². The number of benzene rings is 1. The van der Waals surface area contributed by atoms with Crippen molar-refractivity contribution >= 4 is 17.7 Å². The average Bonchev–Trinajstić information content (AvgIpc) is 2.79. The molecule has 2 aliphatic rings. The van der Waals surface area contributed by atoms with Gasteiger partial charge in [-0.15, -0.1) is 0 Å². The van der Waals surface area contributed by atoms with E-state index in [1.54, 1.807) is 0 Å². The van der Waals surface area contributed by atoms with Crippen molar-refractivity contribution in [1.82, 2.24) is 9.74 Å². The number of piperidine rings is 1. The van der Waals surface area contributed by atoms with E-state index in [4.69, 9.17) is 16.5 Å². The highest BCUT2D eigenvalue weighted by Gasteiger charge is 2.21. The van der Waals surface area contributed by atoms with Crippen molar-refractivity contribution in [3.05, 3.63) is 34.9 Å². The minimum Gasteiger partial charge on any atom is -0.457 e. The van der Waals surface area contributed by atoms with Crippen molar-refractivity contribution in [2.75, 3.05) is 13.1 Å². The van der Waals surface area contributed by atoms with E-state index in [9.17, 15) is 4.79 Å². The van der Waals surface area contributed by atoms with Gasteiger partial charge in [0.25, 0.3) is 0 Å². The summed E-state index contributed by atoms with van der Waals surface area (Å²) in [5.41, 5.74) is 2.91. The van der Waals surface area contributed by atoms with Gasteiger partial charge in [-0.1, -0.05) is 12.1 Å². The van der Waals surface area contributed by atoms with Crippen LogP contribution in [0.4, 0.5) is 0 Å². The lowest BCUT2D eigenvalue weighted by atomic mass is 10.0. The molecule has 1 aromatic rings. The van der Waals surface area contributed by atoms with Gasteiger partial charge in [-0.05, 0) is 36.2 Å². The lowest BCUT2D eigenvalue weighted by Gasteiger charge is -2.27. The SMILES string of the molecule is O=C1OCc2cc(CNC3CCN(Cl)CC3)ccc21. The first-order chi connectivity index (χ1) is 9.22. The second-order valence-electron chi connectivity index (χ2n) is 5.13. The van der Waals surface area contributed by atoms with Gasteiger partial charge in [0.15, 0.2) is 0 Å². The molecule has 0 saturated carbocycles. The fourth-order valence-corrected chi connectivity index (χ4v) is 2.81. The molecule has 0 amide bonds. The topological polar surface area (TPSA) is 41.6 Å². The third-order valence-electron chi connectivity index (χ3n) is 3.78. The summed E-state index contributed by atoms with van der Waals surface area (Å²) in [4.78, 5) is 11.4. The van der Waals surface area contributed by atoms with E-state index >= 15 is 0 Å². The molecule has 1 aromatic carbocycles. The number of carbonyl (C=O) groups is 1. The summed E-state index contributed by atoms with van der Waals surface area (Å²) in [5.74, 6) is -0.205. The van der Waals surface area contributed by atoms with E-state index in [1.807, 2.05) is 16.6 Å². The van der Waals surface area contributed by atoms with Crippen LogP contribution in [-0.2, 0) is 17.9 Å². The minimum absolute atomic E-state index is 0.205. The zero-order valence-corrected chi connectivity index (χ0v) is 11.4. The van der Waals surface area contributed by atoms with Crippen LogP contribution in [0.15, 0.2) is 18.2 Å². The molecule has 19 heavy (non-hydrogen) atoms. The Kier molecular flexibility index (Phi) is 3.73. The quantitative estimate of drug-likeness (QED) is 0.680. The van der Waals surface area contributed by atoms with Gasteiger partial charge < -0.3 is 10.1 Å². The zero-order valence-electron chi connectivity index (χ0n) is 10.7. The number of ether oxygens (including phenoxy) is 1. The molecule has 4 nitrogen and oxygen atoms in total. The molecule has 3 rings (SSSR count). The van der Waals surface area contributed by atoms with Crippen molar-refractivity contribution in [3.63, 3.8) is 0 Å². The van der Waals surface area contributed by atoms with E-state index < -0.39 is 0 Å². The number of fused-ring (bicyclic) bond motifs is 1. The Morgan fingerprint density at radius 3 is 2.95 bits per heavy atom. The van der Waals surface area contributed by atoms with Crippen molar-refractivity contribution < 1.29 is 9.53 Å². The van der Waals surface area contributed by atoms with Crippen LogP contribution in [0, 0.1) is 0 Å². The summed E-state index contributed by atoms with van der Waals surface area (Å²) in [6.45, 7) is 3.11. The van der Waals surface area contributed by atoms with Gasteiger partial charge in [-0.2, -0.15) is 0 Å². The van der Waals surface area contributed by atoms with Gasteiger partial charge in [0.1, 0.15) is 6.61 Å². The van der Waals surface area contributed by atoms with Crippen molar-refractivity contribution in [2.24, 2.45) is 0 Å². The molecule has 0 aromatic heterocycles. The fraction of sp³-hybridized carbons (Fsp3) is 0.500. The second kappa shape index (κ2) is 5.49. The highest BCUT2D eigenvalue weighted by molar-refractivity contribution is 6.13. The summed E-state index contributed by atoms with van der Waals surface area (Å²) < 4.78 is 6.85. The normalized spacial score (nSPS) is 20.4. The van der Waals surface area contributed by atoms with Gasteiger partial charge in [-0.25, -0.2) is 9.21 Å². The summed E-state index contributed by atoms with van der Waals surface area (Å²) in [6.07, 6.45) is 2.16. The Bertz CT molecular complexity index is 484. The number of nitrogens with one attached hydrogen (secondary N) is 1. The van der Waals surface area contributed by atoms with Crippen LogP contribution in [0.2, 0.25) is 0 Å². The van der Waals surface area contributed by atoms with Crippen LogP contribution in [0.1, 0.15) is 34.3 Å². The minimum atomic E-state index is -0.205. The molecule has 0 spiro atoms. The largest absolute Gasteiger partial charge is 0.457 e. The first-order valence-electron chi connectivity index (χ1n) is 6.65. The standard InChI is InChI=1S/C14H17ClN2O2/c15-17-5-3-12(4-6-17)16-8-10-1-2-13-11(7-10)9-19-14(13)18/h1-2,7,12,16H,3-6,8-9H2. The summed E-state index contributed by atoms with van der Waals surface area (Å²) in [7, 11) is 0. The number of hydrogen-bond acceptors (Lipinski definition) is 4. The number of hydrogen-bond donors (Lipinski definition) is 1. The maximum atomic E-state index is 11.4. The van der Waals surface area contributed by atoms with Crippen LogP contribution in [-0.4, -0.2) is 29.5 Å². The van der Waals surface area contributed by atoms with Crippen LogP contribution in [0.25, 0.3) is 0 Å². The van der Waals surface area contributed by atoms with E-state index in [0.717, 1.165) is 38.0 Å². The van der Waals surface area contributed by atoms with Crippen molar-refractivity contribution in [2.45, 2.75) is 32.0 Å². The van der Waals surface area contributed by atoms with Crippen molar-refractivity contribution in [3.8, 4) is 0 Å². The molecule has 2 aliphatic heterocycles. The van der Waals surface area contributed by atoms with E-state index in [2.05, 4.69) is 11.4 Å². The maximum Gasteiger partial charge on any atom is 0.338 e. The molecule has 0 bridgehead atoms. The molecule has 0 atom stereocenters. The number of rotatable bonds is 3. The average molecular weight is 281 g/mol. The summed E-state index contributed by atoms with van der Waals surface area (Å²) in [5, 5.41) is 3.55. The number of carbonyl (C=O) groups excluding carboxylic acids is 1. The number of nitrogens with zero attached hydrogens (tertiary/aromatic N) is 1. The molecule has 1 N–H and O–H groups in total.